The fourth-order valence-corrected chi connectivity index (χ4v) is 2.41. The van der Waals surface area contributed by atoms with Crippen molar-refractivity contribution in [3.63, 3.8) is 0 Å². The summed E-state index contributed by atoms with van der Waals surface area (Å²) in [4.78, 5) is 11.1. The van der Waals surface area contributed by atoms with Crippen LogP contribution in [0, 0.1) is 22.1 Å². The molecule has 0 aliphatic rings. The number of carboxylic acid groups (broad SMARTS) is 1. The summed E-state index contributed by atoms with van der Waals surface area (Å²) >= 11 is 1.99. The van der Waals surface area contributed by atoms with Gasteiger partial charge in [-0.1, -0.05) is 0 Å². The van der Waals surface area contributed by atoms with Gasteiger partial charge in [0, 0.05) is 15.2 Å². The number of benzene rings is 2. The van der Waals surface area contributed by atoms with E-state index in [9.17, 15) is 13.6 Å². The average Bonchev–Trinajstić information content (AvgIpc) is 2.32. The van der Waals surface area contributed by atoms with Crippen molar-refractivity contribution in [1.29, 1.82) is 0 Å². The smallest absolute Gasteiger partial charge is 0.336 e. The molecule has 0 spiro atoms. The molecule has 0 saturated heterocycles. The minimum atomic E-state index is -1.07. The Kier molecular flexibility index (Phi) is 3.84. The Morgan fingerprint density at radius 3 is 2.47 bits per heavy atom. The van der Waals surface area contributed by atoms with Crippen molar-refractivity contribution in [2.45, 2.75) is 6.92 Å². The second kappa shape index (κ2) is 5.24. The largest absolute Gasteiger partial charge is 0.478 e. The van der Waals surface area contributed by atoms with Gasteiger partial charge in [0.15, 0.2) is 0 Å². The summed E-state index contributed by atoms with van der Waals surface area (Å²) in [5.74, 6) is -2.45. The molecule has 0 fully saturated rings. The van der Waals surface area contributed by atoms with E-state index < -0.39 is 17.6 Å². The molecular weight excluding hydrogens is 365 g/mol. The Labute approximate surface area is 122 Å². The molecule has 98 valence electrons. The molecule has 0 bridgehead atoms. The Bertz CT molecular complexity index is 669. The third-order valence-corrected chi connectivity index (χ3v) is 3.94. The molecule has 5 heteroatoms. The van der Waals surface area contributed by atoms with Gasteiger partial charge in [-0.15, -0.1) is 0 Å². The fourth-order valence-electron chi connectivity index (χ4n) is 1.78. The van der Waals surface area contributed by atoms with Crippen LogP contribution in [0.5, 0.6) is 0 Å². The molecular formula is C14H9F2IO2. The van der Waals surface area contributed by atoms with Crippen LogP contribution in [-0.4, -0.2) is 11.1 Å². The van der Waals surface area contributed by atoms with Crippen molar-refractivity contribution in [3.05, 3.63) is 56.7 Å². The van der Waals surface area contributed by atoms with E-state index in [1.807, 2.05) is 22.6 Å². The van der Waals surface area contributed by atoms with Gasteiger partial charge in [-0.25, -0.2) is 13.6 Å². The van der Waals surface area contributed by atoms with Gasteiger partial charge in [-0.3, -0.25) is 0 Å². The van der Waals surface area contributed by atoms with Crippen LogP contribution in [0.15, 0.2) is 30.3 Å². The SMILES string of the molecule is Cc1c(I)cc(-c2ccc(F)cc2F)cc1C(=O)O. The molecule has 2 rings (SSSR count). The van der Waals surface area contributed by atoms with Crippen LogP contribution in [0.2, 0.25) is 0 Å². The maximum Gasteiger partial charge on any atom is 0.336 e. The number of aromatic carboxylic acids is 1. The van der Waals surface area contributed by atoms with Crippen LogP contribution in [0.25, 0.3) is 11.1 Å². The normalized spacial score (nSPS) is 10.5. The number of rotatable bonds is 2. The highest BCUT2D eigenvalue weighted by Gasteiger charge is 2.14. The van der Waals surface area contributed by atoms with Gasteiger partial charge in [-0.05, 0) is 64.9 Å². The predicted octanol–water partition coefficient (Wildman–Crippen LogP) is 4.24. The Balaban J connectivity index is 2.66. The van der Waals surface area contributed by atoms with Crippen molar-refractivity contribution in [2.24, 2.45) is 0 Å². The van der Waals surface area contributed by atoms with Crippen LogP contribution in [-0.2, 0) is 0 Å². The van der Waals surface area contributed by atoms with Crippen LogP contribution < -0.4 is 0 Å². The highest BCUT2D eigenvalue weighted by atomic mass is 127. The Morgan fingerprint density at radius 1 is 1.21 bits per heavy atom. The number of hydrogen-bond donors (Lipinski definition) is 1. The first-order chi connectivity index (χ1) is 8.90. The van der Waals surface area contributed by atoms with Gasteiger partial charge >= 0.3 is 5.97 Å². The topological polar surface area (TPSA) is 37.3 Å². The van der Waals surface area contributed by atoms with E-state index in [2.05, 4.69) is 0 Å². The molecule has 0 unspecified atom stereocenters. The first kappa shape index (κ1) is 13.9. The maximum absolute atomic E-state index is 13.7. The number of hydrogen-bond acceptors (Lipinski definition) is 1. The highest BCUT2D eigenvalue weighted by Crippen LogP contribution is 2.28. The lowest BCUT2D eigenvalue weighted by atomic mass is 9.99. The number of carboxylic acids is 1. The molecule has 0 atom stereocenters. The van der Waals surface area contributed by atoms with Crippen molar-refractivity contribution in [1.82, 2.24) is 0 Å². The van der Waals surface area contributed by atoms with Crippen LogP contribution in [0.4, 0.5) is 8.78 Å². The molecule has 0 heterocycles. The van der Waals surface area contributed by atoms with E-state index in [1.54, 1.807) is 13.0 Å². The highest BCUT2D eigenvalue weighted by molar-refractivity contribution is 14.1. The van der Waals surface area contributed by atoms with E-state index in [-0.39, 0.29) is 11.1 Å². The van der Waals surface area contributed by atoms with Gasteiger partial charge < -0.3 is 5.11 Å². The predicted molar refractivity (Wildman–Crippen MR) is 76.2 cm³/mol. The second-order valence-corrected chi connectivity index (χ2v) is 5.22. The van der Waals surface area contributed by atoms with Crippen molar-refractivity contribution < 1.29 is 18.7 Å². The number of halogens is 3. The minimum Gasteiger partial charge on any atom is -0.478 e. The molecule has 2 nitrogen and oxygen atoms in total. The zero-order valence-corrected chi connectivity index (χ0v) is 12.0. The Hall–Kier alpha value is -1.50. The number of carbonyl (C=O) groups is 1. The summed E-state index contributed by atoms with van der Waals surface area (Å²) in [7, 11) is 0. The van der Waals surface area contributed by atoms with Gasteiger partial charge in [0.2, 0.25) is 0 Å². The molecule has 2 aromatic rings. The Morgan fingerprint density at radius 2 is 1.89 bits per heavy atom. The van der Waals surface area contributed by atoms with E-state index in [4.69, 9.17) is 5.11 Å². The minimum absolute atomic E-state index is 0.116. The first-order valence-electron chi connectivity index (χ1n) is 5.39. The molecule has 0 aliphatic carbocycles. The van der Waals surface area contributed by atoms with E-state index in [1.165, 1.54) is 12.1 Å². The third-order valence-electron chi connectivity index (χ3n) is 2.82. The summed E-state index contributed by atoms with van der Waals surface area (Å²) in [6, 6.07) is 6.31. The summed E-state index contributed by atoms with van der Waals surface area (Å²) in [6.07, 6.45) is 0. The molecule has 0 saturated carbocycles. The summed E-state index contributed by atoms with van der Waals surface area (Å²) in [6.45, 7) is 1.69. The standard InChI is InChI=1S/C14H9F2IO2/c1-7-11(14(18)19)4-8(5-13(7)17)10-3-2-9(15)6-12(10)16/h2-6H,1H3,(H,18,19). The molecule has 0 aromatic heterocycles. The first-order valence-corrected chi connectivity index (χ1v) is 6.47. The monoisotopic (exact) mass is 374 g/mol. The second-order valence-electron chi connectivity index (χ2n) is 4.06. The van der Waals surface area contributed by atoms with Gasteiger partial charge in [0.25, 0.3) is 0 Å². The molecule has 19 heavy (non-hydrogen) atoms. The average molecular weight is 374 g/mol. The zero-order valence-electron chi connectivity index (χ0n) is 9.88. The lowest BCUT2D eigenvalue weighted by molar-refractivity contribution is 0.0696. The van der Waals surface area contributed by atoms with E-state index >= 15 is 0 Å². The van der Waals surface area contributed by atoms with Gasteiger partial charge in [-0.2, -0.15) is 0 Å². The summed E-state index contributed by atoms with van der Waals surface area (Å²) < 4.78 is 27.3. The zero-order chi connectivity index (χ0) is 14.2. The van der Waals surface area contributed by atoms with Crippen LogP contribution in [0.1, 0.15) is 15.9 Å². The van der Waals surface area contributed by atoms with Crippen molar-refractivity contribution in [2.75, 3.05) is 0 Å². The lowest BCUT2D eigenvalue weighted by Crippen LogP contribution is -2.02. The van der Waals surface area contributed by atoms with Crippen LogP contribution in [0.3, 0.4) is 0 Å². The molecule has 2 aromatic carbocycles. The van der Waals surface area contributed by atoms with Gasteiger partial charge in [0.05, 0.1) is 5.56 Å². The third kappa shape index (κ3) is 2.75. The lowest BCUT2D eigenvalue weighted by Gasteiger charge is -2.09. The van der Waals surface area contributed by atoms with Crippen LogP contribution >= 0.6 is 22.6 Å². The molecule has 0 radical (unpaired) electrons. The van der Waals surface area contributed by atoms with Gasteiger partial charge in [0.1, 0.15) is 11.6 Å². The maximum atomic E-state index is 13.7. The van der Waals surface area contributed by atoms with Crippen molar-refractivity contribution in [3.8, 4) is 11.1 Å². The molecule has 0 aliphatic heterocycles. The summed E-state index contributed by atoms with van der Waals surface area (Å²) in [5, 5.41) is 9.12. The summed E-state index contributed by atoms with van der Waals surface area (Å²) in [5.41, 5.74) is 1.34. The van der Waals surface area contributed by atoms with Crippen molar-refractivity contribution >= 4 is 28.6 Å². The molecule has 0 amide bonds. The van der Waals surface area contributed by atoms with E-state index in [0.717, 1.165) is 15.7 Å². The quantitative estimate of drug-likeness (QED) is 0.799. The van der Waals surface area contributed by atoms with E-state index in [0.29, 0.717) is 11.1 Å². The fraction of sp³-hybridized carbons (Fsp3) is 0.0714. The molecule has 1 N–H and O–H groups in total.